The van der Waals surface area contributed by atoms with E-state index in [4.69, 9.17) is 4.74 Å². The van der Waals surface area contributed by atoms with Crippen LogP contribution in [-0.4, -0.2) is 54.6 Å². The minimum atomic E-state index is -0.155. The minimum Gasteiger partial charge on any atom is -0.380 e. The van der Waals surface area contributed by atoms with E-state index in [9.17, 15) is 9.59 Å². The maximum absolute atomic E-state index is 12.4. The molecular weight excluding hydrogens is 304 g/mol. The Morgan fingerprint density at radius 2 is 1.54 bits per heavy atom. The maximum atomic E-state index is 12.4. The van der Waals surface area contributed by atoms with Crippen molar-refractivity contribution in [1.29, 1.82) is 0 Å². The molecule has 0 spiro atoms. The van der Waals surface area contributed by atoms with Crippen LogP contribution in [-0.2, 0) is 9.53 Å². The summed E-state index contributed by atoms with van der Waals surface area (Å²) in [7, 11) is 0. The number of ether oxygens (including phenoxy) is 1. The van der Waals surface area contributed by atoms with Crippen molar-refractivity contribution in [3.8, 4) is 0 Å². The predicted octanol–water partition coefficient (Wildman–Crippen LogP) is 3.92. The van der Waals surface area contributed by atoms with Crippen molar-refractivity contribution in [3.05, 3.63) is 0 Å². The number of hydrogen-bond donors (Lipinski definition) is 0. The number of carbonyl (C=O) groups is 2. The Balaban J connectivity index is 2.74. The molecule has 0 aliphatic carbocycles. The molecule has 0 aromatic rings. The second kappa shape index (κ2) is 8.84. The van der Waals surface area contributed by atoms with Gasteiger partial charge in [0.05, 0.1) is 13.2 Å². The van der Waals surface area contributed by atoms with Crippen molar-refractivity contribution < 1.29 is 14.3 Å². The summed E-state index contributed by atoms with van der Waals surface area (Å²) in [4.78, 5) is 27.6. The number of likely N-dealkylation sites (N-methyl/N-ethyl adjacent to an activating group) is 1. The summed E-state index contributed by atoms with van der Waals surface area (Å²) in [5.74, 6) is -0.0833. The third-order valence-corrected chi connectivity index (χ3v) is 6.07. The molecule has 3 amide bonds. The molecule has 0 radical (unpaired) electrons. The van der Waals surface area contributed by atoms with Gasteiger partial charge in [-0.05, 0) is 38.0 Å². The summed E-state index contributed by atoms with van der Waals surface area (Å²) in [6.45, 7) is 15.4. The van der Waals surface area contributed by atoms with Gasteiger partial charge in [-0.3, -0.25) is 9.69 Å². The average Bonchev–Trinajstić information content (AvgIpc) is 2.87. The Morgan fingerprint density at radius 1 is 0.958 bits per heavy atom. The first-order chi connectivity index (χ1) is 11.3. The normalized spacial score (nSPS) is 16.4. The number of hydrogen-bond acceptors (Lipinski definition) is 3. The van der Waals surface area contributed by atoms with E-state index in [0.717, 1.165) is 32.3 Å². The van der Waals surface area contributed by atoms with Crippen molar-refractivity contribution in [2.75, 3.05) is 32.8 Å². The van der Waals surface area contributed by atoms with E-state index < -0.39 is 0 Å². The van der Waals surface area contributed by atoms with Gasteiger partial charge >= 0.3 is 6.03 Å². The molecule has 1 aliphatic rings. The molecular formula is C19H36N2O3. The summed E-state index contributed by atoms with van der Waals surface area (Å²) in [6.07, 6.45) is 3.95. The van der Waals surface area contributed by atoms with E-state index in [1.807, 2.05) is 6.92 Å². The second-order valence-electron chi connectivity index (χ2n) is 7.49. The lowest BCUT2D eigenvalue weighted by molar-refractivity contribution is -0.127. The lowest BCUT2D eigenvalue weighted by atomic mass is 9.82. The first-order valence-electron chi connectivity index (χ1n) is 9.47. The van der Waals surface area contributed by atoms with E-state index in [-0.39, 0.29) is 29.3 Å². The molecule has 1 fully saturated rings. The third kappa shape index (κ3) is 4.71. The van der Waals surface area contributed by atoms with E-state index in [2.05, 4.69) is 34.6 Å². The van der Waals surface area contributed by atoms with Gasteiger partial charge in [0.25, 0.3) is 0 Å². The van der Waals surface area contributed by atoms with E-state index in [1.165, 1.54) is 4.90 Å². The number of carbonyl (C=O) groups excluding carboxylic acids is 2. The molecule has 0 aromatic carbocycles. The number of nitrogens with zero attached hydrogens (tertiary/aromatic N) is 2. The molecule has 0 bridgehead atoms. The summed E-state index contributed by atoms with van der Waals surface area (Å²) in [5, 5.41) is 0. The van der Waals surface area contributed by atoms with Crippen LogP contribution in [0.25, 0.3) is 0 Å². The fourth-order valence-electron chi connectivity index (χ4n) is 3.02. The number of imide groups is 1. The molecule has 0 aromatic heterocycles. The Hall–Kier alpha value is -1.10. The fraction of sp³-hybridized carbons (Fsp3) is 0.895. The van der Waals surface area contributed by atoms with Gasteiger partial charge in [-0.25, -0.2) is 4.79 Å². The smallest absolute Gasteiger partial charge is 0.327 e. The van der Waals surface area contributed by atoms with Crippen LogP contribution in [0.1, 0.15) is 67.2 Å². The van der Waals surface area contributed by atoms with Crippen molar-refractivity contribution in [2.45, 2.75) is 67.2 Å². The molecule has 140 valence electrons. The Bertz CT molecular complexity index is 428. The summed E-state index contributed by atoms with van der Waals surface area (Å²) in [6, 6.07) is -0.152. The van der Waals surface area contributed by atoms with E-state index >= 15 is 0 Å². The van der Waals surface area contributed by atoms with Crippen molar-refractivity contribution in [1.82, 2.24) is 9.80 Å². The number of rotatable bonds is 11. The molecule has 0 unspecified atom stereocenters. The standard InChI is InChI=1S/C19H36N2O3/c1-7-18(6,8-2)14-24-15-19(9-3,10-4)13-21-16(22)12-20(11-5)17(21)23/h7-15H2,1-6H3. The van der Waals surface area contributed by atoms with Crippen LogP contribution in [0.3, 0.4) is 0 Å². The van der Waals surface area contributed by atoms with Gasteiger partial charge in [-0.15, -0.1) is 0 Å². The van der Waals surface area contributed by atoms with Gasteiger partial charge in [0.1, 0.15) is 6.54 Å². The van der Waals surface area contributed by atoms with Crippen LogP contribution in [0, 0.1) is 10.8 Å². The monoisotopic (exact) mass is 340 g/mol. The summed E-state index contributed by atoms with van der Waals surface area (Å²) in [5.41, 5.74) is 0.0446. The first-order valence-corrected chi connectivity index (χ1v) is 9.47. The minimum absolute atomic E-state index is 0.0833. The molecule has 0 atom stereocenters. The topological polar surface area (TPSA) is 49.9 Å². The quantitative estimate of drug-likeness (QED) is 0.536. The van der Waals surface area contributed by atoms with Crippen LogP contribution in [0.5, 0.6) is 0 Å². The van der Waals surface area contributed by atoms with Crippen molar-refractivity contribution in [3.63, 3.8) is 0 Å². The van der Waals surface area contributed by atoms with Crippen molar-refractivity contribution >= 4 is 11.9 Å². The molecule has 1 saturated heterocycles. The number of amides is 3. The molecule has 0 N–H and O–H groups in total. The van der Waals surface area contributed by atoms with Gasteiger partial charge in [-0.2, -0.15) is 0 Å². The Kier molecular flexibility index (Phi) is 7.71. The second-order valence-corrected chi connectivity index (χ2v) is 7.49. The molecule has 24 heavy (non-hydrogen) atoms. The van der Waals surface area contributed by atoms with Gasteiger partial charge in [0.2, 0.25) is 5.91 Å². The molecule has 0 saturated carbocycles. The summed E-state index contributed by atoms with van der Waals surface area (Å²) < 4.78 is 6.10. The SMILES string of the molecule is CCN1CC(=O)N(CC(CC)(CC)COCC(C)(CC)CC)C1=O. The third-order valence-electron chi connectivity index (χ3n) is 6.07. The van der Waals surface area contributed by atoms with Crippen LogP contribution in [0.15, 0.2) is 0 Å². The Morgan fingerprint density at radius 3 is 1.96 bits per heavy atom. The maximum Gasteiger partial charge on any atom is 0.327 e. The van der Waals surface area contributed by atoms with E-state index in [0.29, 0.717) is 19.7 Å². The molecule has 1 heterocycles. The highest BCUT2D eigenvalue weighted by Gasteiger charge is 2.40. The lowest BCUT2D eigenvalue weighted by Crippen LogP contribution is -2.44. The average molecular weight is 341 g/mol. The highest BCUT2D eigenvalue weighted by atomic mass is 16.5. The highest BCUT2D eigenvalue weighted by Crippen LogP contribution is 2.32. The largest absolute Gasteiger partial charge is 0.380 e. The molecule has 1 aliphatic heterocycles. The van der Waals surface area contributed by atoms with Crippen molar-refractivity contribution in [2.24, 2.45) is 10.8 Å². The molecule has 1 rings (SSSR count). The fourth-order valence-corrected chi connectivity index (χ4v) is 3.02. The predicted molar refractivity (Wildman–Crippen MR) is 96.9 cm³/mol. The van der Waals surface area contributed by atoms with Gasteiger partial charge in [-0.1, -0.05) is 34.6 Å². The zero-order chi connectivity index (χ0) is 18.4. The molecule has 5 heteroatoms. The van der Waals surface area contributed by atoms with Crippen LogP contribution in [0.4, 0.5) is 4.79 Å². The lowest BCUT2D eigenvalue weighted by Gasteiger charge is -2.36. The van der Waals surface area contributed by atoms with Crippen LogP contribution in [0.2, 0.25) is 0 Å². The van der Waals surface area contributed by atoms with Gasteiger partial charge in [0, 0.05) is 18.5 Å². The van der Waals surface area contributed by atoms with Gasteiger partial charge in [0.15, 0.2) is 0 Å². The highest BCUT2D eigenvalue weighted by molar-refractivity contribution is 6.02. The van der Waals surface area contributed by atoms with Gasteiger partial charge < -0.3 is 9.64 Å². The zero-order valence-electron chi connectivity index (χ0n) is 16.5. The van der Waals surface area contributed by atoms with Crippen LogP contribution < -0.4 is 0 Å². The zero-order valence-corrected chi connectivity index (χ0v) is 16.5. The number of urea groups is 1. The van der Waals surface area contributed by atoms with E-state index in [1.54, 1.807) is 4.90 Å². The first kappa shape index (κ1) is 20.9. The van der Waals surface area contributed by atoms with Crippen LogP contribution >= 0.6 is 0 Å². The Labute approximate surface area is 147 Å². The molecule has 5 nitrogen and oxygen atoms in total. The summed E-state index contributed by atoms with van der Waals surface area (Å²) >= 11 is 0.